The maximum Gasteiger partial charge on any atom is 0.305 e. The predicted molar refractivity (Wildman–Crippen MR) is 71.3 cm³/mol. The molecule has 3 nitrogen and oxygen atoms in total. The second-order valence-corrected chi connectivity index (χ2v) is 4.61. The molecule has 1 N–H and O–H groups in total. The second kappa shape index (κ2) is 7.35. The number of esters is 1. The fourth-order valence-corrected chi connectivity index (χ4v) is 2.09. The summed E-state index contributed by atoms with van der Waals surface area (Å²) >= 11 is 1.72. The molecular formula is C13H19NO2S. The van der Waals surface area contributed by atoms with Gasteiger partial charge in [0.2, 0.25) is 0 Å². The maximum atomic E-state index is 11.1. The summed E-state index contributed by atoms with van der Waals surface area (Å²) in [4.78, 5) is 12.4. The number of carbonyl (C=O) groups excluding carboxylic acids is 1. The van der Waals surface area contributed by atoms with E-state index in [-0.39, 0.29) is 12.0 Å². The van der Waals surface area contributed by atoms with Gasteiger partial charge in [0.25, 0.3) is 0 Å². The number of hydrogen-bond donors (Lipinski definition) is 1. The molecule has 17 heavy (non-hydrogen) atoms. The van der Waals surface area contributed by atoms with Crippen LogP contribution in [0.4, 0.5) is 0 Å². The molecule has 1 aromatic carbocycles. The van der Waals surface area contributed by atoms with Crippen LogP contribution in [-0.2, 0) is 9.53 Å². The molecule has 0 saturated heterocycles. The normalized spacial score (nSPS) is 12.2. The van der Waals surface area contributed by atoms with Gasteiger partial charge in [0, 0.05) is 17.4 Å². The molecule has 0 bridgehead atoms. The molecule has 1 rings (SSSR count). The standard InChI is InChI=1S/C13H19NO2S/c1-14-12(8-9-13(15)16-2)10-4-6-11(17-3)7-5-10/h4-7,12,14H,8-9H2,1-3H3. The second-order valence-electron chi connectivity index (χ2n) is 3.73. The van der Waals surface area contributed by atoms with Crippen molar-refractivity contribution < 1.29 is 9.53 Å². The van der Waals surface area contributed by atoms with E-state index in [1.54, 1.807) is 11.8 Å². The Morgan fingerprint density at radius 1 is 1.41 bits per heavy atom. The van der Waals surface area contributed by atoms with Gasteiger partial charge in [-0.2, -0.15) is 0 Å². The van der Waals surface area contributed by atoms with E-state index in [0.29, 0.717) is 6.42 Å². The van der Waals surface area contributed by atoms with Gasteiger partial charge in [-0.25, -0.2) is 0 Å². The number of ether oxygens (including phenoxy) is 1. The highest BCUT2D eigenvalue weighted by molar-refractivity contribution is 7.98. The minimum absolute atomic E-state index is 0.161. The van der Waals surface area contributed by atoms with E-state index in [2.05, 4.69) is 40.6 Å². The quantitative estimate of drug-likeness (QED) is 0.625. The fraction of sp³-hybridized carbons (Fsp3) is 0.462. The van der Waals surface area contributed by atoms with Crippen LogP contribution in [0.15, 0.2) is 29.2 Å². The summed E-state index contributed by atoms with van der Waals surface area (Å²) < 4.78 is 4.65. The zero-order chi connectivity index (χ0) is 12.7. The molecule has 0 aromatic heterocycles. The minimum Gasteiger partial charge on any atom is -0.469 e. The highest BCUT2D eigenvalue weighted by Crippen LogP contribution is 2.22. The molecular weight excluding hydrogens is 234 g/mol. The lowest BCUT2D eigenvalue weighted by molar-refractivity contribution is -0.140. The van der Waals surface area contributed by atoms with Gasteiger partial charge in [-0.05, 0) is 37.4 Å². The largest absolute Gasteiger partial charge is 0.469 e. The monoisotopic (exact) mass is 253 g/mol. The maximum absolute atomic E-state index is 11.1. The van der Waals surface area contributed by atoms with Crippen LogP contribution in [0.2, 0.25) is 0 Å². The number of rotatable bonds is 6. The van der Waals surface area contributed by atoms with E-state index in [1.807, 2.05) is 7.05 Å². The zero-order valence-electron chi connectivity index (χ0n) is 10.5. The Labute approximate surface area is 107 Å². The third kappa shape index (κ3) is 4.40. The third-order valence-electron chi connectivity index (χ3n) is 2.73. The first kappa shape index (κ1) is 14.1. The van der Waals surface area contributed by atoms with E-state index < -0.39 is 0 Å². The molecule has 0 aliphatic rings. The van der Waals surface area contributed by atoms with Crippen molar-refractivity contribution in [3.8, 4) is 0 Å². The summed E-state index contributed by atoms with van der Waals surface area (Å²) in [6.07, 6.45) is 3.25. The van der Waals surface area contributed by atoms with E-state index in [9.17, 15) is 4.79 Å². The summed E-state index contributed by atoms with van der Waals surface area (Å²) in [6.45, 7) is 0. The van der Waals surface area contributed by atoms with Crippen LogP contribution in [-0.4, -0.2) is 26.4 Å². The van der Waals surface area contributed by atoms with Gasteiger partial charge in [0.15, 0.2) is 0 Å². The van der Waals surface area contributed by atoms with Gasteiger partial charge < -0.3 is 10.1 Å². The smallest absolute Gasteiger partial charge is 0.305 e. The summed E-state index contributed by atoms with van der Waals surface area (Å²) in [6, 6.07) is 8.60. The first-order chi connectivity index (χ1) is 8.21. The molecule has 4 heteroatoms. The SMILES string of the molecule is CNC(CCC(=O)OC)c1ccc(SC)cc1. The molecule has 0 radical (unpaired) electrons. The van der Waals surface area contributed by atoms with Gasteiger partial charge in [0.1, 0.15) is 0 Å². The summed E-state index contributed by atoms with van der Waals surface area (Å²) in [5.74, 6) is -0.161. The lowest BCUT2D eigenvalue weighted by atomic mass is 10.0. The van der Waals surface area contributed by atoms with Crippen molar-refractivity contribution in [2.24, 2.45) is 0 Å². The molecule has 0 aliphatic carbocycles. The predicted octanol–water partition coefficient (Wildman–Crippen LogP) is 2.62. The van der Waals surface area contributed by atoms with E-state index in [1.165, 1.54) is 17.6 Å². The molecule has 1 aromatic rings. The lowest BCUT2D eigenvalue weighted by Crippen LogP contribution is -2.17. The highest BCUT2D eigenvalue weighted by Gasteiger charge is 2.11. The average Bonchev–Trinajstić information content (AvgIpc) is 2.39. The van der Waals surface area contributed by atoms with Crippen molar-refractivity contribution >= 4 is 17.7 Å². The summed E-state index contributed by atoms with van der Waals surface area (Å²) in [7, 11) is 3.33. The van der Waals surface area contributed by atoms with Gasteiger partial charge in [-0.15, -0.1) is 11.8 Å². The van der Waals surface area contributed by atoms with Crippen LogP contribution in [0.1, 0.15) is 24.4 Å². The number of benzene rings is 1. The van der Waals surface area contributed by atoms with Crippen LogP contribution in [0, 0.1) is 0 Å². The van der Waals surface area contributed by atoms with Crippen LogP contribution in [0.25, 0.3) is 0 Å². The molecule has 0 saturated carbocycles. The minimum atomic E-state index is -0.161. The number of hydrogen-bond acceptors (Lipinski definition) is 4. The zero-order valence-corrected chi connectivity index (χ0v) is 11.3. The van der Waals surface area contributed by atoms with Gasteiger partial charge in [-0.1, -0.05) is 12.1 Å². The average molecular weight is 253 g/mol. The Balaban J connectivity index is 2.62. The van der Waals surface area contributed by atoms with E-state index >= 15 is 0 Å². The molecule has 1 atom stereocenters. The van der Waals surface area contributed by atoms with E-state index in [0.717, 1.165) is 6.42 Å². The number of nitrogens with one attached hydrogen (secondary N) is 1. The molecule has 0 heterocycles. The summed E-state index contributed by atoms with van der Waals surface area (Å²) in [5, 5.41) is 3.22. The topological polar surface area (TPSA) is 38.3 Å². The first-order valence-electron chi connectivity index (χ1n) is 5.59. The van der Waals surface area contributed by atoms with Crippen molar-refractivity contribution in [1.82, 2.24) is 5.32 Å². The molecule has 0 amide bonds. The van der Waals surface area contributed by atoms with Crippen molar-refractivity contribution in [2.75, 3.05) is 20.4 Å². The summed E-state index contributed by atoms with van der Waals surface area (Å²) in [5.41, 5.74) is 1.20. The van der Waals surface area contributed by atoms with Crippen LogP contribution < -0.4 is 5.32 Å². The molecule has 0 spiro atoms. The van der Waals surface area contributed by atoms with Crippen LogP contribution in [0.5, 0.6) is 0 Å². The Kier molecular flexibility index (Phi) is 6.08. The van der Waals surface area contributed by atoms with Gasteiger partial charge in [-0.3, -0.25) is 4.79 Å². The third-order valence-corrected chi connectivity index (χ3v) is 3.48. The number of methoxy groups -OCH3 is 1. The molecule has 0 aliphatic heterocycles. The Hall–Kier alpha value is -1.00. The lowest BCUT2D eigenvalue weighted by Gasteiger charge is -2.16. The first-order valence-corrected chi connectivity index (χ1v) is 6.81. The Morgan fingerprint density at radius 3 is 2.53 bits per heavy atom. The number of thioether (sulfide) groups is 1. The van der Waals surface area contributed by atoms with Crippen molar-refractivity contribution in [2.45, 2.75) is 23.8 Å². The Morgan fingerprint density at radius 2 is 2.06 bits per heavy atom. The van der Waals surface area contributed by atoms with Crippen molar-refractivity contribution in [3.63, 3.8) is 0 Å². The van der Waals surface area contributed by atoms with Crippen LogP contribution in [0.3, 0.4) is 0 Å². The van der Waals surface area contributed by atoms with Gasteiger partial charge in [0.05, 0.1) is 7.11 Å². The molecule has 1 unspecified atom stereocenters. The van der Waals surface area contributed by atoms with Gasteiger partial charge >= 0.3 is 5.97 Å². The Bertz CT molecular complexity index is 351. The van der Waals surface area contributed by atoms with Crippen LogP contribution >= 0.6 is 11.8 Å². The molecule has 94 valence electrons. The highest BCUT2D eigenvalue weighted by atomic mass is 32.2. The molecule has 0 fully saturated rings. The fourth-order valence-electron chi connectivity index (χ4n) is 1.68. The van der Waals surface area contributed by atoms with E-state index in [4.69, 9.17) is 0 Å². The number of carbonyl (C=O) groups is 1. The van der Waals surface area contributed by atoms with Crippen molar-refractivity contribution in [3.05, 3.63) is 29.8 Å². The van der Waals surface area contributed by atoms with Crippen molar-refractivity contribution in [1.29, 1.82) is 0 Å².